The molecule has 1 heterocycles. The summed E-state index contributed by atoms with van der Waals surface area (Å²) < 4.78 is 54.2. The molecular weight excluding hydrogens is 813 g/mol. The lowest BCUT2D eigenvalue weighted by Gasteiger charge is -2.40. The third-order valence-electron chi connectivity index (χ3n) is 11.8. The molecule has 1 saturated heterocycles. The van der Waals surface area contributed by atoms with Crippen molar-refractivity contribution in [3.8, 4) is 0 Å². The second-order valence-corrected chi connectivity index (χ2v) is 19.3. The van der Waals surface area contributed by atoms with Crippen molar-refractivity contribution in [2.45, 2.75) is 269 Å². The Balaban J connectivity index is 2.38. The van der Waals surface area contributed by atoms with Gasteiger partial charge in [0.2, 0.25) is 0 Å². The van der Waals surface area contributed by atoms with Crippen molar-refractivity contribution in [2.24, 2.45) is 0 Å². The Hall–Kier alpha value is -1.61. The highest BCUT2D eigenvalue weighted by molar-refractivity contribution is 7.85. The molecule has 12 nitrogen and oxygen atoms in total. The van der Waals surface area contributed by atoms with Gasteiger partial charge < -0.3 is 34.3 Å². The molecule has 0 aromatic heterocycles. The maximum Gasteiger partial charge on any atom is 0.306 e. The first-order valence-corrected chi connectivity index (χ1v) is 26.9. The van der Waals surface area contributed by atoms with Crippen molar-refractivity contribution in [3.63, 3.8) is 0 Å². The van der Waals surface area contributed by atoms with E-state index in [0.717, 1.165) is 51.4 Å². The van der Waals surface area contributed by atoms with Gasteiger partial charge >= 0.3 is 11.9 Å². The first kappa shape index (κ1) is 58.4. The number of ether oxygens (including phenoxy) is 4. The Morgan fingerprint density at radius 1 is 0.532 bits per heavy atom. The lowest BCUT2D eigenvalue weighted by Crippen LogP contribution is -2.60. The molecule has 0 aromatic carbocycles. The molecule has 0 aliphatic carbocycles. The molecule has 1 rings (SSSR count). The number of carbonyl (C=O) groups excluding carboxylic acids is 2. The summed E-state index contributed by atoms with van der Waals surface area (Å²) >= 11 is 0. The molecule has 62 heavy (non-hydrogen) atoms. The third kappa shape index (κ3) is 33.8. The molecule has 13 heteroatoms. The molecule has 1 aliphatic rings. The van der Waals surface area contributed by atoms with Crippen molar-refractivity contribution in [1.29, 1.82) is 0 Å². The van der Waals surface area contributed by atoms with E-state index in [4.69, 9.17) is 18.9 Å². The number of aliphatic hydroxyl groups excluding tert-OH is 3. The van der Waals surface area contributed by atoms with Crippen LogP contribution in [-0.4, -0.2) is 96.0 Å². The Morgan fingerprint density at radius 3 is 1.34 bits per heavy atom. The Bertz CT molecular complexity index is 1200. The van der Waals surface area contributed by atoms with Crippen molar-refractivity contribution < 1.29 is 56.8 Å². The van der Waals surface area contributed by atoms with Gasteiger partial charge in [-0.15, -0.1) is 0 Å². The summed E-state index contributed by atoms with van der Waals surface area (Å²) in [6.07, 6.45) is 33.9. The van der Waals surface area contributed by atoms with E-state index in [1.807, 2.05) is 0 Å². The molecule has 1 aliphatic heterocycles. The van der Waals surface area contributed by atoms with Gasteiger partial charge in [-0.1, -0.05) is 193 Å². The predicted octanol–water partition coefficient (Wildman–Crippen LogP) is 11.0. The zero-order chi connectivity index (χ0) is 45.5. The van der Waals surface area contributed by atoms with Gasteiger partial charge in [-0.3, -0.25) is 14.1 Å². The van der Waals surface area contributed by atoms with E-state index in [2.05, 4.69) is 26.0 Å². The number of hydrogen-bond acceptors (Lipinski definition) is 11. The average Bonchev–Trinajstić information content (AvgIpc) is 3.24. The fraction of sp³-hybridized carbons (Fsp3) is 0.918. The van der Waals surface area contributed by atoms with Crippen LogP contribution in [0.15, 0.2) is 12.2 Å². The highest BCUT2D eigenvalue weighted by Gasteiger charge is 2.46. The Labute approximate surface area is 377 Å². The smallest absolute Gasteiger partial charge is 0.306 e. The van der Waals surface area contributed by atoms with E-state index >= 15 is 0 Å². The minimum Gasteiger partial charge on any atom is -0.462 e. The minimum atomic E-state index is -4.60. The number of allylic oxidation sites excluding steroid dienone is 2. The van der Waals surface area contributed by atoms with Gasteiger partial charge in [0.1, 0.15) is 36.8 Å². The van der Waals surface area contributed by atoms with Crippen LogP contribution in [0.3, 0.4) is 0 Å². The van der Waals surface area contributed by atoms with Crippen LogP contribution in [0.2, 0.25) is 0 Å². The van der Waals surface area contributed by atoms with E-state index in [-0.39, 0.29) is 19.4 Å². The minimum absolute atomic E-state index is 0.164. The molecule has 0 amide bonds. The molecule has 1 fully saturated rings. The molecule has 0 saturated carbocycles. The summed E-state index contributed by atoms with van der Waals surface area (Å²) in [7, 11) is -4.60. The number of carbonyl (C=O) groups is 2. The molecule has 0 spiro atoms. The first-order chi connectivity index (χ1) is 30.0. The third-order valence-corrected chi connectivity index (χ3v) is 12.6. The number of unbranched alkanes of at least 4 members (excludes halogenated alkanes) is 29. The van der Waals surface area contributed by atoms with Gasteiger partial charge in [0.05, 0.1) is 6.61 Å². The number of aliphatic hydroxyl groups is 3. The zero-order valence-corrected chi connectivity index (χ0v) is 40.1. The summed E-state index contributed by atoms with van der Waals surface area (Å²) in [4.78, 5) is 25.5. The van der Waals surface area contributed by atoms with Crippen LogP contribution in [0.1, 0.15) is 232 Å². The molecule has 2 unspecified atom stereocenters. The Morgan fingerprint density at radius 2 is 0.919 bits per heavy atom. The lowest BCUT2D eigenvalue weighted by molar-refractivity contribution is -0.297. The van der Waals surface area contributed by atoms with Crippen molar-refractivity contribution in [3.05, 3.63) is 12.2 Å². The van der Waals surface area contributed by atoms with Gasteiger partial charge in [-0.2, -0.15) is 8.42 Å². The van der Waals surface area contributed by atoms with Crippen molar-refractivity contribution in [2.75, 3.05) is 19.0 Å². The standard InChI is InChI=1S/C49H92O12S/c1-3-5-7-9-11-13-15-17-19-21-23-25-27-29-31-33-35-37-44(50)58-39-42(40-59-49-48(54)47(53)46(52)43(61-49)41-62(55,56)57)60-45(51)38-36-34-32-30-28-26-24-22-20-18-16-14-12-10-8-6-4-2/h18,20,42-43,46-49,52-54H,3-17,19,21-41H2,1-2H3,(H,55,56,57)/b20-18+/t42-,43-,46-,47?,48?,49+/m1/s1. The van der Waals surface area contributed by atoms with E-state index < -0.39 is 71.2 Å². The lowest BCUT2D eigenvalue weighted by atomic mass is 10.00. The van der Waals surface area contributed by atoms with E-state index in [1.165, 1.54) is 141 Å². The molecule has 0 radical (unpaired) electrons. The molecule has 0 aromatic rings. The topological polar surface area (TPSA) is 186 Å². The van der Waals surface area contributed by atoms with Crippen molar-refractivity contribution in [1.82, 2.24) is 0 Å². The van der Waals surface area contributed by atoms with E-state index in [1.54, 1.807) is 0 Å². The van der Waals surface area contributed by atoms with Crippen LogP contribution in [0.25, 0.3) is 0 Å². The Kier molecular flexibility index (Phi) is 37.4. The fourth-order valence-corrected chi connectivity index (χ4v) is 8.60. The largest absolute Gasteiger partial charge is 0.462 e. The summed E-state index contributed by atoms with van der Waals surface area (Å²) in [6.45, 7) is 3.79. The highest BCUT2D eigenvalue weighted by Crippen LogP contribution is 2.24. The molecule has 4 N–H and O–H groups in total. The molecule has 0 bridgehead atoms. The maximum atomic E-state index is 12.9. The molecule has 366 valence electrons. The second-order valence-electron chi connectivity index (χ2n) is 17.8. The highest BCUT2D eigenvalue weighted by atomic mass is 32.2. The van der Waals surface area contributed by atoms with E-state index in [0.29, 0.717) is 12.8 Å². The van der Waals surface area contributed by atoms with Crippen molar-refractivity contribution >= 4 is 22.1 Å². The van der Waals surface area contributed by atoms with Gasteiger partial charge in [-0.25, -0.2) is 0 Å². The summed E-state index contributed by atoms with van der Waals surface area (Å²) in [5.41, 5.74) is 0. The van der Waals surface area contributed by atoms with Gasteiger partial charge in [0.25, 0.3) is 10.1 Å². The van der Waals surface area contributed by atoms with Crippen LogP contribution in [0.4, 0.5) is 0 Å². The number of rotatable bonds is 43. The quantitative estimate of drug-likeness (QED) is 0.0197. The monoisotopic (exact) mass is 905 g/mol. The summed E-state index contributed by atoms with van der Waals surface area (Å²) in [6, 6.07) is 0. The maximum absolute atomic E-state index is 12.9. The van der Waals surface area contributed by atoms with Gasteiger partial charge in [0.15, 0.2) is 12.4 Å². The van der Waals surface area contributed by atoms with Crippen LogP contribution < -0.4 is 0 Å². The predicted molar refractivity (Wildman–Crippen MR) is 247 cm³/mol. The van der Waals surface area contributed by atoms with E-state index in [9.17, 15) is 37.9 Å². The molecular formula is C49H92O12S. The van der Waals surface area contributed by atoms with Crippen LogP contribution in [0, 0.1) is 0 Å². The SMILES string of the molecule is CCCCCCCC/C=C/CCCCCCCCCC(=O)O[C@H](COC(=O)CCCCCCCCCCCCCCCCCCC)CO[C@H]1O[C@H](CS(=O)(=O)O)[C@@H](O)C(O)C1O. The normalized spacial score (nSPS) is 19.9. The fourth-order valence-electron chi connectivity index (χ4n) is 7.91. The summed E-state index contributed by atoms with van der Waals surface area (Å²) in [5, 5.41) is 30.9. The van der Waals surface area contributed by atoms with Crippen LogP contribution in [-0.2, 0) is 38.7 Å². The van der Waals surface area contributed by atoms with Crippen LogP contribution in [0.5, 0.6) is 0 Å². The van der Waals surface area contributed by atoms with Gasteiger partial charge in [-0.05, 0) is 38.5 Å². The van der Waals surface area contributed by atoms with Crippen LogP contribution >= 0.6 is 0 Å². The number of esters is 2. The first-order valence-electron chi connectivity index (χ1n) is 25.2. The average molecular weight is 905 g/mol. The summed E-state index contributed by atoms with van der Waals surface area (Å²) in [5.74, 6) is -1.97. The molecule has 6 atom stereocenters. The van der Waals surface area contributed by atoms with Gasteiger partial charge in [0, 0.05) is 12.8 Å². The second kappa shape index (κ2) is 39.7. The number of hydrogen-bond donors (Lipinski definition) is 4. The zero-order valence-electron chi connectivity index (χ0n) is 39.2.